The quantitative estimate of drug-likeness (QED) is 0.756. The maximum Gasteiger partial charge on any atom is 0.339 e. The Kier molecular flexibility index (Phi) is 2.83. The molecule has 2 heterocycles. The Hall–Kier alpha value is -1.55. The molecule has 0 amide bonds. The van der Waals surface area contributed by atoms with Gasteiger partial charge < -0.3 is 9.15 Å². The van der Waals surface area contributed by atoms with Crippen molar-refractivity contribution >= 4 is 28.7 Å². The number of halogens is 1. The molecule has 0 atom stereocenters. The smallest absolute Gasteiger partial charge is 0.339 e. The van der Waals surface area contributed by atoms with E-state index in [0.717, 1.165) is 0 Å². The highest BCUT2D eigenvalue weighted by Gasteiger charge is 2.13. The molecule has 0 aliphatic carbocycles. The van der Waals surface area contributed by atoms with Crippen LogP contribution in [-0.4, -0.2) is 17.1 Å². The fraction of sp³-hybridized carbons (Fsp3) is 0.273. The summed E-state index contributed by atoms with van der Waals surface area (Å²) in [4.78, 5) is 15.6. The summed E-state index contributed by atoms with van der Waals surface area (Å²) < 4.78 is 10.1. The molecule has 0 unspecified atom stereocenters. The second kappa shape index (κ2) is 4.14. The zero-order valence-corrected chi connectivity index (χ0v) is 9.62. The number of ether oxygens (including phenoxy) is 1. The van der Waals surface area contributed by atoms with Gasteiger partial charge in [-0.2, -0.15) is 0 Å². The molecule has 2 rings (SSSR count). The molecule has 2 aromatic heterocycles. The minimum absolute atomic E-state index is 0.164. The van der Waals surface area contributed by atoms with E-state index in [1.165, 1.54) is 12.5 Å². The first-order chi connectivity index (χ1) is 7.58. The molecule has 2 aromatic rings. The summed E-state index contributed by atoms with van der Waals surface area (Å²) in [7, 11) is 0. The van der Waals surface area contributed by atoms with Crippen LogP contribution in [0.5, 0.6) is 0 Å². The molecule has 84 valence electrons. The second-order valence-electron chi connectivity index (χ2n) is 3.61. The van der Waals surface area contributed by atoms with Gasteiger partial charge in [0.15, 0.2) is 0 Å². The normalized spacial score (nSPS) is 11.0. The number of carbonyl (C=O) groups is 1. The van der Waals surface area contributed by atoms with E-state index < -0.39 is 5.97 Å². The van der Waals surface area contributed by atoms with Crippen molar-refractivity contribution in [2.75, 3.05) is 0 Å². The number of rotatable bonds is 2. The lowest BCUT2D eigenvalue weighted by Gasteiger charge is -2.06. The number of furan rings is 1. The van der Waals surface area contributed by atoms with Gasteiger partial charge in [-0.25, -0.2) is 9.78 Å². The molecular formula is C11H10ClNO3. The number of esters is 1. The van der Waals surface area contributed by atoms with Gasteiger partial charge in [0.1, 0.15) is 6.26 Å². The zero-order chi connectivity index (χ0) is 11.7. The van der Waals surface area contributed by atoms with Crippen LogP contribution in [0.15, 0.2) is 22.9 Å². The van der Waals surface area contributed by atoms with Crippen LogP contribution in [0.3, 0.4) is 0 Å². The lowest BCUT2D eigenvalue weighted by atomic mass is 10.2. The van der Waals surface area contributed by atoms with Crippen molar-refractivity contribution in [3.63, 3.8) is 0 Å². The van der Waals surface area contributed by atoms with Gasteiger partial charge in [0.25, 0.3) is 0 Å². The van der Waals surface area contributed by atoms with E-state index >= 15 is 0 Å². The van der Waals surface area contributed by atoms with Crippen LogP contribution in [0.1, 0.15) is 24.2 Å². The third-order valence-electron chi connectivity index (χ3n) is 1.96. The van der Waals surface area contributed by atoms with Crippen molar-refractivity contribution < 1.29 is 13.9 Å². The predicted octanol–water partition coefficient (Wildman–Crippen LogP) is 3.05. The van der Waals surface area contributed by atoms with Crippen LogP contribution < -0.4 is 0 Å². The zero-order valence-electron chi connectivity index (χ0n) is 8.86. The van der Waals surface area contributed by atoms with Crippen LogP contribution >= 0.6 is 11.6 Å². The van der Waals surface area contributed by atoms with Crippen molar-refractivity contribution in [1.82, 2.24) is 4.98 Å². The number of carbonyl (C=O) groups excluding carboxylic acids is 1. The van der Waals surface area contributed by atoms with Crippen molar-refractivity contribution in [3.8, 4) is 0 Å². The summed E-state index contributed by atoms with van der Waals surface area (Å²) in [5, 5.41) is 1.04. The summed E-state index contributed by atoms with van der Waals surface area (Å²) in [5.41, 5.74) is 0.774. The number of fused-ring (bicyclic) bond motifs is 1. The molecule has 0 bridgehead atoms. The van der Waals surface area contributed by atoms with E-state index in [2.05, 4.69) is 4.98 Å². The summed E-state index contributed by atoms with van der Waals surface area (Å²) in [5.74, 6) is -0.415. The van der Waals surface area contributed by atoms with E-state index in [-0.39, 0.29) is 6.10 Å². The van der Waals surface area contributed by atoms with E-state index in [1.54, 1.807) is 19.9 Å². The molecular weight excluding hydrogens is 230 g/mol. The molecule has 0 fully saturated rings. The highest BCUT2D eigenvalue weighted by atomic mass is 35.5. The van der Waals surface area contributed by atoms with Crippen molar-refractivity contribution in [3.05, 3.63) is 29.1 Å². The largest absolute Gasteiger partial charge is 0.459 e. The Morgan fingerprint density at radius 2 is 2.31 bits per heavy atom. The average Bonchev–Trinajstić information content (AvgIpc) is 2.59. The number of pyridine rings is 1. The number of hydrogen-bond acceptors (Lipinski definition) is 4. The molecule has 0 saturated heterocycles. The van der Waals surface area contributed by atoms with Crippen molar-refractivity contribution in [2.24, 2.45) is 0 Å². The number of nitrogens with zero attached hydrogens (tertiary/aromatic N) is 1. The first-order valence-electron chi connectivity index (χ1n) is 4.81. The van der Waals surface area contributed by atoms with Gasteiger partial charge in [-0.1, -0.05) is 11.6 Å². The third-order valence-corrected chi connectivity index (χ3v) is 2.25. The van der Waals surface area contributed by atoms with Gasteiger partial charge in [-0.05, 0) is 19.9 Å². The van der Waals surface area contributed by atoms with Crippen LogP contribution in [0.4, 0.5) is 0 Å². The Labute approximate surface area is 97.2 Å². The lowest BCUT2D eigenvalue weighted by molar-refractivity contribution is 0.0377. The molecule has 0 aliphatic rings. The van der Waals surface area contributed by atoms with Gasteiger partial charge in [0.2, 0.25) is 5.71 Å². The van der Waals surface area contributed by atoms with Crippen molar-refractivity contribution in [1.29, 1.82) is 0 Å². The molecule has 0 saturated carbocycles. The van der Waals surface area contributed by atoms with E-state index in [9.17, 15) is 4.79 Å². The Morgan fingerprint density at radius 1 is 1.56 bits per heavy atom. The molecule has 16 heavy (non-hydrogen) atoms. The summed E-state index contributed by atoms with van der Waals surface area (Å²) in [6.45, 7) is 3.57. The molecule has 5 heteroatoms. The molecule has 0 spiro atoms. The standard InChI is InChI=1S/C11H10ClNO3/c1-6(2)16-11(14)7-3-8-9(12)5-15-10(8)13-4-7/h3-6H,1-2H3. The minimum Gasteiger partial charge on any atom is -0.459 e. The highest BCUT2D eigenvalue weighted by molar-refractivity contribution is 6.35. The second-order valence-corrected chi connectivity index (χ2v) is 4.02. The Balaban J connectivity index is 2.38. The first kappa shape index (κ1) is 11.0. The van der Waals surface area contributed by atoms with E-state index in [1.807, 2.05) is 0 Å². The van der Waals surface area contributed by atoms with Gasteiger partial charge >= 0.3 is 5.97 Å². The Morgan fingerprint density at radius 3 is 3.00 bits per heavy atom. The molecule has 4 nitrogen and oxygen atoms in total. The van der Waals surface area contributed by atoms with E-state index in [4.69, 9.17) is 20.8 Å². The van der Waals surface area contributed by atoms with Gasteiger partial charge in [0.05, 0.1) is 22.1 Å². The number of aromatic nitrogens is 1. The monoisotopic (exact) mass is 239 g/mol. The van der Waals surface area contributed by atoms with Crippen LogP contribution in [0, 0.1) is 0 Å². The summed E-state index contributed by atoms with van der Waals surface area (Å²) >= 11 is 5.87. The van der Waals surface area contributed by atoms with E-state index in [0.29, 0.717) is 21.7 Å². The number of hydrogen-bond donors (Lipinski definition) is 0. The summed E-state index contributed by atoms with van der Waals surface area (Å²) in [6.07, 6.45) is 2.63. The van der Waals surface area contributed by atoms with Crippen LogP contribution in [0.25, 0.3) is 11.1 Å². The van der Waals surface area contributed by atoms with Crippen LogP contribution in [-0.2, 0) is 4.74 Å². The fourth-order valence-electron chi connectivity index (χ4n) is 1.28. The van der Waals surface area contributed by atoms with Crippen LogP contribution in [0.2, 0.25) is 5.02 Å². The summed E-state index contributed by atoms with van der Waals surface area (Å²) in [6, 6.07) is 1.61. The maximum atomic E-state index is 11.6. The highest BCUT2D eigenvalue weighted by Crippen LogP contribution is 2.24. The third kappa shape index (κ3) is 2.02. The topological polar surface area (TPSA) is 52.3 Å². The van der Waals surface area contributed by atoms with Gasteiger partial charge in [0, 0.05) is 6.20 Å². The SMILES string of the molecule is CC(C)OC(=O)c1cnc2occ(Cl)c2c1. The van der Waals surface area contributed by atoms with Gasteiger partial charge in [-0.15, -0.1) is 0 Å². The average molecular weight is 240 g/mol. The lowest BCUT2D eigenvalue weighted by Crippen LogP contribution is -2.11. The van der Waals surface area contributed by atoms with Gasteiger partial charge in [-0.3, -0.25) is 0 Å². The predicted molar refractivity (Wildman–Crippen MR) is 59.6 cm³/mol. The maximum absolute atomic E-state index is 11.6. The minimum atomic E-state index is -0.415. The molecule has 0 aromatic carbocycles. The first-order valence-corrected chi connectivity index (χ1v) is 5.19. The van der Waals surface area contributed by atoms with Crippen molar-refractivity contribution in [2.45, 2.75) is 20.0 Å². The molecule has 0 radical (unpaired) electrons. The Bertz CT molecular complexity index is 533. The molecule has 0 aliphatic heterocycles. The molecule has 0 N–H and O–H groups in total. The fourth-order valence-corrected chi connectivity index (χ4v) is 1.46.